The number of anilines is 2. The molecule has 0 aromatic heterocycles. The molecule has 0 saturated carbocycles. The van der Waals surface area contributed by atoms with Crippen LogP contribution in [0, 0.1) is 0 Å². The Morgan fingerprint density at radius 2 is 0.923 bits per heavy atom. The molecule has 184 valence electrons. The number of fused-ring (bicyclic) bond motifs is 3. The Morgan fingerprint density at radius 3 is 1.69 bits per heavy atom. The van der Waals surface area contributed by atoms with E-state index < -0.39 is 0 Å². The molecule has 0 saturated heterocycles. The number of rotatable bonds is 5. The monoisotopic (exact) mass is 497 g/mol. The van der Waals surface area contributed by atoms with Gasteiger partial charge in [-0.15, -0.1) is 0 Å². The van der Waals surface area contributed by atoms with Gasteiger partial charge in [0.1, 0.15) is 0 Å². The van der Waals surface area contributed by atoms with E-state index in [2.05, 4.69) is 163 Å². The smallest absolute Gasteiger partial charge is 0.0390 e. The average molecular weight is 498 g/mol. The topological polar surface area (TPSA) is 12.0 Å². The Kier molecular flexibility index (Phi) is 5.88. The van der Waals surface area contributed by atoms with Gasteiger partial charge in [0.05, 0.1) is 0 Å². The maximum Gasteiger partial charge on any atom is 0.0390 e. The average Bonchev–Trinajstić information content (AvgIpc) is 3.02. The summed E-state index contributed by atoms with van der Waals surface area (Å²) in [5, 5.41) is 8.77. The molecule has 0 amide bonds. The lowest BCUT2D eigenvalue weighted by molar-refractivity contribution is 1.52. The van der Waals surface area contributed by atoms with Crippen LogP contribution in [0.4, 0.5) is 11.4 Å². The van der Waals surface area contributed by atoms with Gasteiger partial charge in [0, 0.05) is 11.4 Å². The van der Waals surface area contributed by atoms with E-state index in [-0.39, 0.29) is 0 Å². The molecule has 0 radical (unpaired) electrons. The molecule has 7 aromatic carbocycles. The number of hydrogen-bond acceptors (Lipinski definition) is 1. The molecular weight excluding hydrogens is 470 g/mol. The number of nitrogens with one attached hydrogen (secondary N) is 1. The van der Waals surface area contributed by atoms with Crippen LogP contribution in [0.1, 0.15) is 0 Å². The van der Waals surface area contributed by atoms with Crippen molar-refractivity contribution >= 4 is 32.9 Å². The zero-order valence-electron chi connectivity index (χ0n) is 21.5. The zero-order chi connectivity index (χ0) is 26.0. The zero-order valence-corrected chi connectivity index (χ0v) is 21.5. The van der Waals surface area contributed by atoms with Gasteiger partial charge >= 0.3 is 0 Å². The molecule has 1 N–H and O–H groups in total. The van der Waals surface area contributed by atoms with Crippen LogP contribution < -0.4 is 5.32 Å². The molecule has 0 unspecified atom stereocenters. The molecule has 0 heterocycles. The maximum absolute atomic E-state index is 3.63. The second-order valence-corrected chi connectivity index (χ2v) is 9.88. The fourth-order valence-electron chi connectivity index (χ4n) is 5.54. The first-order chi connectivity index (χ1) is 19.3. The molecule has 1 nitrogen and oxygen atoms in total. The SMILES string of the molecule is c1ccc(-c2ccc(Nc3ccc(-c4cccc5c4ccc4ccccc45)cc3)cc2-c2ccccc2)cc1. The van der Waals surface area contributed by atoms with Crippen molar-refractivity contribution < 1.29 is 0 Å². The van der Waals surface area contributed by atoms with Gasteiger partial charge in [-0.3, -0.25) is 0 Å². The third-order valence-corrected chi connectivity index (χ3v) is 7.46. The van der Waals surface area contributed by atoms with Gasteiger partial charge in [-0.05, 0) is 79.2 Å². The van der Waals surface area contributed by atoms with Crippen LogP contribution >= 0.6 is 0 Å². The predicted molar refractivity (Wildman–Crippen MR) is 167 cm³/mol. The Balaban J connectivity index is 1.22. The van der Waals surface area contributed by atoms with Crippen LogP contribution in [-0.2, 0) is 0 Å². The van der Waals surface area contributed by atoms with Gasteiger partial charge in [-0.2, -0.15) is 0 Å². The Hall–Kier alpha value is -5.14. The molecule has 39 heavy (non-hydrogen) atoms. The second kappa shape index (κ2) is 9.96. The molecule has 0 aliphatic carbocycles. The van der Waals surface area contributed by atoms with Crippen molar-refractivity contribution in [2.24, 2.45) is 0 Å². The standard InChI is InChI=1S/C38H27N/c1-3-10-27(11-4-1)35-25-23-32(26-38(35)28-12-5-2-6-13-28)39-31-21-18-30(19-22-31)34-16-9-17-36-33-15-8-7-14-29(33)20-24-37(34)36/h1-26,39H. The minimum absolute atomic E-state index is 1.07. The molecule has 0 aliphatic rings. The largest absolute Gasteiger partial charge is 0.356 e. The highest BCUT2D eigenvalue weighted by Gasteiger charge is 2.10. The molecule has 7 aromatic rings. The minimum atomic E-state index is 1.07. The summed E-state index contributed by atoms with van der Waals surface area (Å²) in [6.07, 6.45) is 0. The van der Waals surface area contributed by atoms with Crippen molar-refractivity contribution in [3.8, 4) is 33.4 Å². The van der Waals surface area contributed by atoms with Crippen LogP contribution in [0.2, 0.25) is 0 Å². The summed E-state index contributed by atoms with van der Waals surface area (Å²) in [5.74, 6) is 0. The normalized spacial score (nSPS) is 11.1. The predicted octanol–water partition coefficient (Wildman–Crippen LogP) is 10.7. The summed E-state index contributed by atoms with van der Waals surface area (Å²) in [6, 6.07) is 56.3. The highest BCUT2D eigenvalue weighted by atomic mass is 14.9. The van der Waals surface area contributed by atoms with Gasteiger partial charge in [0.2, 0.25) is 0 Å². The summed E-state index contributed by atoms with van der Waals surface area (Å²) in [4.78, 5) is 0. The van der Waals surface area contributed by atoms with E-state index in [1.54, 1.807) is 0 Å². The minimum Gasteiger partial charge on any atom is -0.356 e. The maximum atomic E-state index is 3.63. The lowest BCUT2D eigenvalue weighted by atomic mass is 9.94. The Morgan fingerprint density at radius 1 is 0.308 bits per heavy atom. The summed E-state index contributed by atoms with van der Waals surface area (Å²) in [7, 11) is 0. The quantitative estimate of drug-likeness (QED) is 0.233. The first-order valence-electron chi connectivity index (χ1n) is 13.4. The Labute approximate surface area is 229 Å². The van der Waals surface area contributed by atoms with E-state index >= 15 is 0 Å². The van der Waals surface area contributed by atoms with Gasteiger partial charge in [-0.25, -0.2) is 0 Å². The van der Waals surface area contributed by atoms with Gasteiger partial charge in [-0.1, -0.05) is 133 Å². The van der Waals surface area contributed by atoms with Crippen molar-refractivity contribution in [2.75, 3.05) is 5.32 Å². The third-order valence-electron chi connectivity index (χ3n) is 7.46. The lowest BCUT2D eigenvalue weighted by Gasteiger charge is -2.15. The fourth-order valence-corrected chi connectivity index (χ4v) is 5.54. The first-order valence-corrected chi connectivity index (χ1v) is 13.4. The van der Waals surface area contributed by atoms with Crippen LogP contribution in [0.3, 0.4) is 0 Å². The van der Waals surface area contributed by atoms with Gasteiger partial charge in [0.15, 0.2) is 0 Å². The van der Waals surface area contributed by atoms with Crippen molar-refractivity contribution in [2.45, 2.75) is 0 Å². The van der Waals surface area contributed by atoms with E-state index in [0.29, 0.717) is 0 Å². The summed E-state index contributed by atoms with van der Waals surface area (Å²) >= 11 is 0. The summed E-state index contributed by atoms with van der Waals surface area (Å²) < 4.78 is 0. The molecule has 0 atom stereocenters. The van der Waals surface area contributed by atoms with Crippen LogP contribution in [0.25, 0.3) is 54.9 Å². The highest BCUT2D eigenvalue weighted by molar-refractivity contribution is 6.12. The molecule has 7 rings (SSSR count). The first kappa shape index (κ1) is 23.0. The van der Waals surface area contributed by atoms with E-state index in [4.69, 9.17) is 0 Å². The molecule has 0 fully saturated rings. The summed E-state index contributed by atoms with van der Waals surface area (Å²) in [5.41, 5.74) is 9.47. The fraction of sp³-hybridized carbons (Fsp3) is 0. The molecule has 0 aliphatic heterocycles. The molecular formula is C38H27N. The van der Waals surface area contributed by atoms with Gasteiger partial charge < -0.3 is 5.32 Å². The van der Waals surface area contributed by atoms with Crippen molar-refractivity contribution in [3.63, 3.8) is 0 Å². The van der Waals surface area contributed by atoms with Crippen LogP contribution in [0.15, 0.2) is 158 Å². The van der Waals surface area contributed by atoms with Crippen molar-refractivity contribution in [1.82, 2.24) is 0 Å². The van der Waals surface area contributed by atoms with Crippen molar-refractivity contribution in [1.29, 1.82) is 0 Å². The molecule has 0 spiro atoms. The molecule has 1 heteroatoms. The second-order valence-electron chi connectivity index (χ2n) is 9.88. The molecule has 0 bridgehead atoms. The van der Waals surface area contributed by atoms with E-state index in [1.807, 2.05) is 0 Å². The van der Waals surface area contributed by atoms with Crippen LogP contribution in [0.5, 0.6) is 0 Å². The van der Waals surface area contributed by atoms with E-state index in [1.165, 1.54) is 54.9 Å². The summed E-state index contributed by atoms with van der Waals surface area (Å²) in [6.45, 7) is 0. The third kappa shape index (κ3) is 4.45. The van der Waals surface area contributed by atoms with E-state index in [9.17, 15) is 0 Å². The van der Waals surface area contributed by atoms with Crippen LogP contribution in [-0.4, -0.2) is 0 Å². The highest BCUT2D eigenvalue weighted by Crippen LogP contribution is 2.36. The lowest BCUT2D eigenvalue weighted by Crippen LogP contribution is -1.93. The van der Waals surface area contributed by atoms with Gasteiger partial charge in [0.25, 0.3) is 0 Å². The number of benzene rings is 7. The van der Waals surface area contributed by atoms with Crippen molar-refractivity contribution in [3.05, 3.63) is 158 Å². The Bertz CT molecular complexity index is 1900. The number of hydrogen-bond donors (Lipinski definition) is 1. The van der Waals surface area contributed by atoms with E-state index in [0.717, 1.165) is 11.4 Å².